The van der Waals surface area contributed by atoms with Gasteiger partial charge in [-0.3, -0.25) is 9.36 Å². The van der Waals surface area contributed by atoms with Gasteiger partial charge in [0, 0.05) is 23.9 Å². The molecule has 3 aromatic rings. The lowest BCUT2D eigenvalue weighted by atomic mass is 10.1. The van der Waals surface area contributed by atoms with E-state index in [0.717, 1.165) is 27.4 Å². The van der Waals surface area contributed by atoms with Gasteiger partial charge in [0.15, 0.2) is 5.82 Å². The highest BCUT2D eigenvalue weighted by Crippen LogP contribution is 2.25. The van der Waals surface area contributed by atoms with Gasteiger partial charge in [0.1, 0.15) is 11.4 Å². The summed E-state index contributed by atoms with van der Waals surface area (Å²) in [5, 5.41) is 11.6. The number of aromatic nitrogens is 3. The van der Waals surface area contributed by atoms with Gasteiger partial charge in [-0.1, -0.05) is 36.4 Å². The lowest BCUT2D eigenvalue weighted by molar-refractivity contribution is 0.475. The van der Waals surface area contributed by atoms with Crippen molar-refractivity contribution >= 4 is 11.3 Å². The molecule has 0 unspecified atom stereocenters. The third-order valence-corrected chi connectivity index (χ3v) is 5.95. The van der Waals surface area contributed by atoms with Crippen LogP contribution in [0.4, 0.5) is 0 Å². The predicted octanol–water partition coefficient (Wildman–Crippen LogP) is 4.61. The first-order chi connectivity index (χ1) is 14.7. The summed E-state index contributed by atoms with van der Waals surface area (Å²) in [7, 11) is 0. The van der Waals surface area contributed by atoms with Crippen LogP contribution in [-0.2, 0) is 12.8 Å². The number of hydrogen-bond donors (Lipinski definition) is 2. The number of rotatable bonds is 5. The second-order valence-electron chi connectivity index (χ2n) is 7.17. The Kier molecular flexibility index (Phi) is 4.69. The normalized spacial score (nSPS) is 11.2. The summed E-state index contributed by atoms with van der Waals surface area (Å²) < 4.78 is 1.64. The highest BCUT2D eigenvalue weighted by atomic mass is 32.1. The maximum absolute atomic E-state index is 13.1. The smallest absolute Gasteiger partial charge is 0.278 e. The number of aromatic hydroxyl groups is 1. The van der Waals surface area contributed by atoms with E-state index in [0.29, 0.717) is 24.4 Å². The molecule has 0 amide bonds. The molecule has 0 spiro atoms. The van der Waals surface area contributed by atoms with E-state index in [1.165, 1.54) is 0 Å². The van der Waals surface area contributed by atoms with Crippen molar-refractivity contribution in [3.05, 3.63) is 110 Å². The number of thiophene rings is 1. The second-order valence-corrected chi connectivity index (χ2v) is 8.20. The third kappa shape index (κ3) is 3.53. The van der Waals surface area contributed by atoms with E-state index in [1.54, 1.807) is 34.2 Å². The summed E-state index contributed by atoms with van der Waals surface area (Å²) in [5.41, 5.74) is 4.14. The quantitative estimate of drug-likeness (QED) is 0.442. The number of H-pyrrole nitrogens is 1. The third-order valence-electron chi connectivity index (χ3n) is 5.07. The largest absolute Gasteiger partial charge is 0.508 e. The molecule has 0 aliphatic carbocycles. The zero-order valence-corrected chi connectivity index (χ0v) is 16.9. The van der Waals surface area contributed by atoms with Crippen molar-refractivity contribution in [1.29, 1.82) is 0 Å². The van der Waals surface area contributed by atoms with E-state index in [9.17, 15) is 9.90 Å². The van der Waals surface area contributed by atoms with E-state index in [4.69, 9.17) is 4.98 Å². The Balaban J connectivity index is 1.66. The molecule has 2 aliphatic heterocycles. The zero-order chi connectivity index (χ0) is 20.5. The molecular formula is C24H19N3O2S. The first-order valence-electron chi connectivity index (χ1n) is 9.66. The molecule has 0 radical (unpaired) electrons. The van der Waals surface area contributed by atoms with Crippen molar-refractivity contribution in [2.24, 2.45) is 0 Å². The number of phenols is 1. The van der Waals surface area contributed by atoms with Crippen LogP contribution in [0.3, 0.4) is 0 Å². The molecule has 0 saturated carbocycles. The van der Waals surface area contributed by atoms with E-state index in [2.05, 4.69) is 17.1 Å². The lowest BCUT2D eigenvalue weighted by Crippen LogP contribution is -2.17. The van der Waals surface area contributed by atoms with Crippen molar-refractivity contribution in [3.8, 4) is 22.8 Å². The Morgan fingerprint density at radius 1 is 0.967 bits per heavy atom. The first kappa shape index (κ1) is 18.4. The van der Waals surface area contributed by atoms with Crippen LogP contribution in [0.25, 0.3) is 17.1 Å². The molecule has 148 valence electrons. The molecule has 0 saturated heterocycles. The molecule has 5 nitrogen and oxygen atoms in total. The number of nitrogens with one attached hydrogen (secondary N) is 1. The number of imidazole rings is 1. The van der Waals surface area contributed by atoms with Gasteiger partial charge in [-0.25, -0.2) is 4.98 Å². The van der Waals surface area contributed by atoms with Crippen molar-refractivity contribution in [2.45, 2.75) is 12.8 Å². The number of phenolic OH excluding ortho intramolecular Hbond substituents is 1. The molecule has 2 aliphatic rings. The molecule has 0 bridgehead atoms. The molecular weight excluding hydrogens is 394 g/mol. The summed E-state index contributed by atoms with van der Waals surface area (Å²) in [6, 6.07) is 21.0. The molecule has 0 fully saturated rings. The second kappa shape index (κ2) is 7.65. The first-order valence-corrected chi connectivity index (χ1v) is 10.5. The van der Waals surface area contributed by atoms with Gasteiger partial charge in [-0.05, 0) is 46.8 Å². The van der Waals surface area contributed by atoms with Crippen LogP contribution in [0.15, 0.2) is 83.1 Å². The summed E-state index contributed by atoms with van der Waals surface area (Å²) in [4.78, 5) is 22.4. The molecule has 3 heterocycles. The monoisotopic (exact) mass is 413 g/mol. The van der Waals surface area contributed by atoms with E-state index in [1.807, 2.05) is 47.8 Å². The molecule has 2 aromatic carbocycles. The van der Waals surface area contributed by atoms with Gasteiger partial charge in [0.2, 0.25) is 0 Å². The minimum Gasteiger partial charge on any atom is -0.508 e. The van der Waals surface area contributed by atoms with Crippen LogP contribution in [0.1, 0.15) is 21.8 Å². The fourth-order valence-corrected chi connectivity index (χ4v) is 4.29. The van der Waals surface area contributed by atoms with Crippen LogP contribution in [0.2, 0.25) is 0 Å². The number of benzene rings is 2. The molecule has 0 atom stereocenters. The average Bonchev–Trinajstić information content (AvgIpc) is 3.38. The van der Waals surface area contributed by atoms with Gasteiger partial charge >= 0.3 is 0 Å². The SMILES string of the molecule is O=c1c(Cc2cccs2)nc2c(Cc3ccccc3)[nH]c(-c3ccc(O)cc3)cn1-2. The number of nitrogens with zero attached hydrogens (tertiary/aromatic N) is 2. The maximum atomic E-state index is 13.1. The highest BCUT2D eigenvalue weighted by molar-refractivity contribution is 7.09. The Hall–Kier alpha value is -3.64. The van der Waals surface area contributed by atoms with E-state index < -0.39 is 0 Å². The average molecular weight is 414 g/mol. The van der Waals surface area contributed by atoms with Gasteiger partial charge in [-0.15, -0.1) is 11.3 Å². The standard InChI is InChI=1S/C24H19N3O2S/c28-18-10-8-17(9-11-18)22-15-27-23(20(25-22)13-16-5-2-1-3-6-16)26-21(24(27)29)14-19-7-4-12-30-19/h1-12,15,25,28H,13-14H2. The van der Waals surface area contributed by atoms with Crippen molar-refractivity contribution in [3.63, 3.8) is 0 Å². The van der Waals surface area contributed by atoms with Gasteiger partial charge in [-0.2, -0.15) is 0 Å². The van der Waals surface area contributed by atoms with Crippen molar-refractivity contribution < 1.29 is 5.11 Å². The summed E-state index contributed by atoms with van der Waals surface area (Å²) in [6.45, 7) is 0. The minimum absolute atomic E-state index is 0.0956. The van der Waals surface area contributed by atoms with Gasteiger partial charge in [0.05, 0.1) is 11.4 Å². The Bertz CT molecular complexity index is 1300. The molecule has 30 heavy (non-hydrogen) atoms. The molecule has 2 N–H and O–H groups in total. The lowest BCUT2D eigenvalue weighted by Gasteiger charge is -2.13. The molecule has 6 heteroatoms. The maximum Gasteiger partial charge on any atom is 0.278 e. The van der Waals surface area contributed by atoms with Crippen LogP contribution in [0.5, 0.6) is 5.75 Å². The summed E-state index contributed by atoms with van der Waals surface area (Å²) in [5.74, 6) is 0.854. The van der Waals surface area contributed by atoms with E-state index in [-0.39, 0.29) is 11.3 Å². The van der Waals surface area contributed by atoms with Crippen LogP contribution in [-0.4, -0.2) is 19.6 Å². The van der Waals surface area contributed by atoms with Crippen molar-refractivity contribution in [2.75, 3.05) is 0 Å². The van der Waals surface area contributed by atoms with Crippen LogP contribution in [0, 0.1) is 0 Å². The topological polar surface area (TPSA) is 70.9 Å². The fraction of sp³-hybridized carbons (Fsp3) is 0.0833. The predicted molar refractivity (Wildman–Crippen MR) is 119 cm³/mol. The fourth-order valence-electron chi connectivity index (χ4n) is 3.58. The molecule has 1 aromatic heterocycles. The summed E-state index contributed by atoms with van der Waals surface area (Å²) >= 11 is 1.62. The van der Waals surface area contributed by atoms with Gasteiger partial charge in [0.25, 0.3) is 5.56 Å². The van der Waals surface area contributed by atoms with E-state index >= 15 is 0 Å². The number of aromatic amines is 1. The van der Waals surface area contributed by atoms with Crippen LogP contribution >= 0.6 is 11.3 Å². The Labute approximate surface area is 177 Å². The van der Waals surface area contributed by atoms with Crippen LogP contribution < -0.4 is 5.56 Å². The number of hydrogen-bond acceptors (Lipinski definition) is 4. The Morgan fingerprint density at radius 3 is 2.50 bits per heavy atom. The Morgan fingerprint density at radius 2 is 1.77 bits per heavy atom. The number of fused-ring (bicyclic) bond motifs is 1. The minimum atomic E-state index is -0.0956. The summed E-state index contributed by atoms with van der Waals surface area (Å²) in [6.07, 6.45) is 2.95. The highest BCUT2D eigenvalue weighted by Gasteiger charge is 2.20. The van der Waals surface area contributed by atoms with Gasteiger partial charge < -0.3 is 10.1 Å². The molecule has 5 rings (SSSR count). The van der Waals surface area contributed by atoms with Crippen molar-refractivity contribution in [1.82, 2.24) is 14.5 Å². The zero-order valence-electron chi connectivity index (χ0n) is 16.1.